The molecule has 28 heavy (non-hydrogen) atoms. The highest BCUT2D eigenvalue weighted by molar-refractivity contribution is 6.09. The van der Waals surface area contributed by atoms with Gasteiger partial charge in [0.15, 0.2) is 0 Å². The average molecular weight is 380 g/mol. The average Bonchev–Trinajstić information content (AvgIpc) is 3.38. The van der Waals surface area contributed by atoms with Crippen LogP contribution in [0, 0.1) is 11.3 Å². The van der Waals surface area contributed by atoms with Crippen LogP contribution in [0.2, 0.25) is 0 Å². The molecule has 0 aromatic heterocycles. The van der Waals surface area contributed by atoms with Gasteiger partial charge >= 0.3 is 6.03 Å². The first-order chi connectivity index (χ1) is 13.4. The van der Waals surface area contributed by atoms with E-state index in [1.165, 1.54) is 11.1 Å². The SMILES string of the molecule is CC1(c2ccc3c(c2)CCC3)NC(=O)N(CC(=O)NC2(C#N)CCCC2)C1=O. The summed E-state index contributed by atoms with van der Waals surface area (Å²) in [5.74, 6) is -0.923. The van der Waals surface area contributed by atoms with E-state index >= 15 is 0 Å². The fourth-order valence-electron chi connectivity index (χ4n) is 4.61. The van der Waals surface area contributed by atoms with Crippen molar-refractivity contribution in [3.63, 3.8) is 0 Å². The summed E-state index contributed by atoms with van der Waals surface area (Å²) in [4.78, 5) is 39.0. The van der Waals surface area contributed by atoms with E-state index in [1.54, 1.807) is 6.92 Å². The number of rotatable bonds is 4. The lowest BCUT2D eigenvalue weighted by molar-refractivity contribution is -0.135. The first-order valence-corrected chi connectivity index (χ1v) is 9.86. The number of urea groups is 1. The molecule has 7 heteroatoms. The highest BCUT2D eigenvalue weighted by atomic mass is 16.2. The topological polar surface area (TPSA) is 102 Å². The first-order valence-electron chi connectivity index (χ1n) is 9.86. The van der Waals surface area contributed by atoms with Crippen molar-refractivity contribution in [2.45, 2.75) is 62.9 Å². The Labute approximate surface area is 164 Å². The second-order valence-corrected chi connectivity index (χ2v) is 8.23. The zero-order chi connectivity index (χ0) is 19.9. The van der Waals surface area contributed by atoms with Crippen molar-refractivity contribution in [3.8, 4) is 6.07 Å². The Kier molecular flexibility index (Phi) is 4.37. The lowest BCUT2D eigenvalue weighted by Gasteiger charge is -2.24. The number of hydrogen-bond acceptors (Lipinski definition) is 4. The molecule has 2 N–H and O–H groups in total. The Hall–Kier alpha value is -2.88. The van der Waals surface area contributed by atoms with Crippen molar-refractivity contribution in [3.05, 3.63) is 34.9 Å². The maximum absolute atomic E-state index is 13.1. The fourth-order valence-corrected chi connectivity index (χ4v) is 4.61. The Bertz CT molecular complexity index is 897. The molecule has 2 fully saturated rings. The summed E-state index contributed by atoms with van der Waals surface area (Å²) >= 11 is 0. The molecule has 0 bridgehead atoms. The van der Waals surface area contributed by atoms with Gasteiger partial charge in [0.2, 0.25) is 5.91 Å². The van der Waals surface area contributed by atoms with Crippen molar-refractivity contribution in [1.82, 2.24) is 15.5 Å². The molecule has 1 unspecified atom stereocenters. The highest BCUT2D eigenvalue weighted by Gasteiger charge is 2.50. The van der Waals surface area contributed by atoms with Crippen molar-refractivity contribution in [2.24, 2.45) is 0 Å². The lowest BCUT2D eigenvalue weighted by atomic mass is 9.89. The van der Waals surface area contributed by atoms with Crippen molar-refractivity contribution in [2.75, 3.05) is 6.54 Å². The molecule has 0 spiro atoms. The maximum atomic E-state index is 13.1. The Morgan fingerprint density at radius 1 is 1.21 bits per heavy atom. The largest absolute Gasteiger partial charge is 0.336 e. The number of nitrogens with one attached hydrogen (secondary N) is 2. The lowest BCUT2D eigenvalue weighted by Crippen LogP contribution is -2.50. The summed E-state index contributed by atoms with van der Waals surface area (Å²) in [6.07, 6.45) is 6.08. The van der Waals surface area contributed by atoms with E-state index in [0.717, 1.165) is 42.6 Å². The van der Waals surface area contributed by atoms with Gasteiger partial charge in [-0.1, -0.05) is 18.2 Å². The Balaban J connectivity index is 1.51. The van der Waals surface area contributed by atoms with Crippen LogP contribution in [0.3, 0.4) is 0 Å². The van der Waals surface area contributed by atoms with Gasteiger partial charge in [0.25, 0.3) is 5.91 Å². The molecule has 146 valence electrons. The van der Waals surface area contributed by atoms with Gasteiger partial charge in [-0.05, 0) is 68.6 Å². The molecule has 1 aromatic rings. The number of carbonyl (C=O) groups excluding carboxylic acids is 3. The molecule has 4 amide bonds. The zero-order valence-corrected chi connectivity index (χ0v) is 16.0. The molecule has 1 heterocycles. The van der Waals surface area contributed by atoms with Crippen LogP contribution in [-0.4, -0.2) is 34.8 Å². The zero-order valence-electron chi connectivity index (χ0n) is 16.0. The number of nitriles is 1. The van der Waals surface area contributed by atoms with Gasteiger partial charge in [0.1, 0.15) is 17.6 Å². The molecule has 1 aromatic carbocycles. The van der Waals surface area contributed by atoms with E-state index in [1.807, 2.05) is 18.2 Å². The van der Waals surface area contributed by atoms with Gasteiger partial charge < -0.3 is 10.6 Å². The number of imide groups is 1. The first kappa shape index (κ1) is 18.5. The van der Waals surface area contributed by atoms with E-state index in [-0.39, 0.29) is 6.54 Å². The van der Waals surface area contributed by atoms with Gasteiger partial charge in [-0.15, -0.1) is 0 Å². The molecular formula is C21H24N4O3. The van der Waals surface area contributed by atoms with Gasteiger partial charge in [-0.25, -0.2) is 4.79 Å². The minimum Gasteiger partial charge on any atom is -0.336 e. The monoisotopic (exact) mass is 380 g/mol. The highest BCUT2D eigenvalue weighted by Crippen LogP contribution is 2.33. The van der Waals surface area contributed by atoms with Crippen LogP contribution in [-0.2, 0) is 28.0 Å². The predicted molar refractivity (Wildman–Crippen MR) is 101 cm³/mol. The number of aryl methyl sites for hydroxylation is 2. The molecule has 3 aliphatic rings. The van der Waals surface area contributed by atoms with E-state index < -0.39 is 28.9 Å². The van der Waals surface area contributed by atoms with Crippen LogP contribution in [0.15, 0.2) is 18.2 Å². The molecule has 1 atom stereocenters. The standard InChI is InChI=1S/C21H24N4O3/c1-20(16-8-7-14-5-4-6-15(14)11-16)18(27)25(19(28)24-20)12-17(26)23-21(13-22)9-2-3-10-21/h7-8,11H,2-6,9-10,12H2,1H3,(H,23,26)(H,24,28). The van der Waals surface area contributed by atoms with E-state index in [0.29, 0.717) is 12.8 Å². The van der Waals surface area contributed by atoms with Gasteiger partial charge in [0, 0.05) is 0 Å². The summed E-state index contributed by atoms with van der Waals surface area (Å²) in [5.41, 5.74) is 1.18. The summed E-state index contributed by atoms with van der Waals surface area (Å²) in [7, 11) is 0. The smallest absolute Gasteiger partial charge is 0.325 e. The third-order valence-electron chi connectivity index (χ3n) is 6.30. The minimum atomic E-state index is -1.19. The van der Waals surface area contributed by atoms with Crippen LogP contribution < -0.4 is 10.6 Å². The normalized spacial score (nSPS) is 25.4. The van der Waals surface area contributed by atoms with Crippen molar-refractivity contribution >= 4 is 17.8 Å². The molecule has 1 aliphatic heterocycles. The predicted octanol–water partition coefficient (Wildman–Crippen LogP) is 1.89. The quantitative estimate of drug-likeness (QED) is 0.779. The molecular weight excluding hydrogens is 356 g/mol. The molecule has 1 saturated carbocycles. The van der Waals surface area contributed by atoms with Gasteiger partial charge in [0.05, 0.1) is 6.07 Å². The van der Waals surface area contributed by atoms with Crippen molar-refractivity contribution in [1.29, 1.82) is 5.26 Å². The van der Waals surface area contributed by atoms with Crippen LogP contribution in [0.25, 0.3) is 0 Å². The Morgan fingerprint density at radius 2 is 1.93 bits per heavy atom. The van der Waals surface area contributed by atoms with Crippen LogP contribution >= 0.6 is 0 Å². The molecule has 1 saturated heterocycles. The van der Waals surface area contributed by atoms with Crippen LogP contribution in [0.5, 0.6) is 0 Å². The third kappa shape index (κ3) is 2.93. The summed E-state index contributed by atoms with van der Waals surface area (Å²) < 4.78 is 0. The minimum absolute atomic E-state index is 0.380. The molecule has 0 radical (unpaired) electrons. The van der Waals surface area contributed by atoms with Crippen molar-refractivity contribution < 1.29 is 14.4 Å². The summed E-state index contributed by atoms with van der Waals surface area (Å²) in [6, 6.07) is 7.50. The Morgan fingerprint density at radius 3 is 2.64 bits per heavy atom. The summed E-state index contributed by atoms with van der Waals surface area (Å²) in [5, 5.41) is 14.9. The van der Waals surface area contributed by atoms with E-state index in [2.05, 4.69) is 16.7 Å². The number of carbonyl (C=O) groups is 3. The number of nitrogens with zero attached hydrogens (tertiary/aromatic N) is 2. The van der Waals surface area contributed by atoms with Crippen LogP contribution in [0.4, 0.5) is 4.79 Å². The number of benzene rings is 1. The fraction of sp³-hybridized carbons (Fsp3) is 0.524. The number of fused-ring (bicyclic) bond motifs is 1. The number of amides is 4. The summed E-state index contributed by atoms with van der Waals surface area (Å²) in [6.45, 7) is 1.30. The van der Waals surface area contributed by atoms with Crippen LogP contribution in [0.1, 0.15) is 55.7 Å². The second kappa shape index (κ2) is 6.62. The van der Waals surface area contributed by atoms with Gasteiger partial charge in [-0.2, -0.15) is 5.26 Å². The van der Waals surface area contributed by atoms with Gasteiger partial charge in [-0.3, -0.25) is 14.5 Å². The number of hydrogen-bond donors (Lipinski definition) is 2. The van der Waals surface area contributed by atoms with E-state index in [9.17, 15) is 19.6 Å². The second-order valence-electron chi connectivity index (χ2n) is 8.23. The third-order valence-corrected chi connectivity index (χ3v) is 6.30. The maximum Gasteiger partial charge on any atom is 0.325 e. The molecule has 2 aliphatic carbocycles. The van der Waals surface area contributed by atoms with E-state index in [4.69, 9.17) is 0 Å². The molecule has 4 rings (SSSR count). The molecule has 7 nitrogen and oxygen atoms in total.